The first kappa shape index (κ1) is 18.8. The molecule has 5 heteroatoms. The maximum atomic E-state index is 12.0. The maximum Gasteiger partial charge on any atom is 0.349 e. The number of carbonyl (C=O) groups excluding carboxylic acids is 1. The molecule has 0 saturated carbocycles. The van der Waals surface area contributed by atoms with Gasteiger partial charge in [-0.2, -0.15) is 0 Å². The van der Waals surface area contributed by atoms with Gasteiger partial charge in [0.2, 0.25) is 0 Å². The lowest BCUT2D eigenvalue weighted by Gasteiger charge is -2.13. The molecule has 0 N–H and O–H groups in total. The lowest BCUT2D eigenvalue weighted by Crippen LogP contribution is -2.18. The van der Waals surface area contributed by atoms with Gasteiger partial charge < -0.3 is 9.47 Å². The third-order valence-corrected chi connectivity index (χ3v) is 4.70. The Balaban J connectivity index is 1.97. The van der Waals surface area contributed by atoms with Gasteiger partial charge in [-0.15, -0.1) is 0 Å². The summed E-state index contributed by atoms with van der Waals surface area (Å²) in [7, 11) is 0. The lowest BCUT2D eigenvalue weighted by atomic mass is 9.99. The van der Waals surface area contributed by atoms with E-state index in [0.717, 1.165) is 16.5 Å². The number of benzene rings is 2. The van der Waals surface area contributed by atoms with E-state index in [1.165, 1.54) is 5.56 Å². The second-order valence-electron chi connectivity index (χ2n) is 5.67. The lowest BCUT2D eigenvalue weighted by molar-refractivity contribution is -0.136. The van der Waals surface area contributed by atoms with Gasteiger partial charge >= 0.3 is 5.97 Å². The van der Waals surface area contributed by atoms with Gasteiger partial charge in [-0.3, -0.25) is 0 Å². The largest absolute Gasteiger partial charge is 0.482 e. The van der Waals surface area contributed by atoms with E-state index in [9.17, 15) is 4.79 Å². The molecule has 0 aliphatic heterocycles. The molecule has 128 valence electrons. The molecule has 0 aliphatic carbocycles. The number of esters is 1. The van der Waals surface area contributed by atoms with Crippen LogP contribution in [-0.2, 0) is 4.79 Å². The highest BCUT2D eigenvalue weighted by atomic mass is 79.9. The van der Waals surface area contributed by atoms with E-state index < -0.39 is 5.97 Å². The number of hydrogen-bond donors (Lipinski definition) is 0. The fourth-order valence-corrected chi connectivity index (χ4v) is 2.91. The zero-order chi connectivity index (χ0) is 17.7. The van der Waals surface area contributed by atoms with E-state index in [0.29, 0.717) is 22.4 Å². The first-order valence-electron chi connectivity index (χ1n) is 7.79. The molecule has 0 bridgehead atoms. The molecular weight excluding hydrogens is 392 g/mol. The highest BCUT2D eigenvalue weighted by Crippen LogP contribution is 2.30. The Bertz CT molecular complexity index is 731. The van der Waals surface area contributed by atoms with Crippen LogP contribution in [0.4, 0.5) is 0 Å². The normalized spacial score (nSPS) is 11.9. The Morgan fingerprint density at radius 1 is 1.21 bits per heavy atom. The Labute approximate surface area is 156 Å². The van der Waals surface area contributed by atoms with Crippen LogP contribution in [0.25, 0.3) is 0 Å². The van der Waals surface area contributed by atoms with Gasteiger partial charge in [0, 0.05) is 5.02 Å². The molecule has 2 aromatic rings. The summed E-state index contributed by atoms with van der Waals surface area (Å²) < 4.78 is 11.6. The number of hydrogen-bond acceptors (Lipinski definition) is 3. The van der Waals surface area contributed by atoms with E-state index in [1.807, 2.05) is 19.1 Å². The van der Waals surface area contributed by atoms with E-state index in [1.54, 1.807) is 24.3 Å². The molecule has 0 spiro atoms. The first-order chi connectivity index (χ1) is 11.4. The Kier molecular flexibility index (Phi) is 6.69. The number of carbonyl (C=O) groups is 1. The Hall–Kier alpha value is -1.52. The van der Waals surface area contributed by atoms with Crippen LogP contribution in [0.15, 0.2) is 40.9 Å². The highest BCUT2D eigenvalue weighted by molar-refractivity contribution is 9.10. The van der Waals surface area contributed by atoms with Crippen LogP contribution in [0.3, 0.4) is 0 Å². The zero-order valence-corrected chi connectivity index (χ0v) is 16.3. The van der Waals surface area contributed by atoms with Crippen molar-refractivity contribution >= 4 is 33.5 Å². The summed E-state index contributed by atoms with van der Waals surface area (Å²) >= 11 is 9.35. The molecule has 3 nitrogen and oxygen atoms in total. The Morgan fingerprint density at radius 2 is 1.92 bits per heavy atom. The molecule has 2 rings (SSSR count). The molecule has 0 radical (unpaired) electrons. The van der Waals surface area contributed by atoms with Gasteiger partial charge in [-0.05, 0) is 76.7 Å². The summed E-state index contributed by atoms with van der Waals surface area (Å²) in [6.45, 7) is 6.01. The summed E-state index contributed by atoms with van der Waals surface area (Å²) in [6, 6.07) is 11.0. The molecule has 0 heterocycles. The van der Waals surface area contributed by atoms with Crippen molar-refractivity contribution in [3.8, 4) is 11.5 Å². The predicted molar refractivity (Wildman–Crippen MR) is 100 cm³/mol. The predicted octanol–water partition coefficient (Wildman–Crippen LogP) is 5.91. The molecule has 1 atom stereocenters. The number of rotatable bonds is 6. The summed E-state index contributed by atoms with van der Waals surface area (Å²) in [6.07, 6.45) is 1.06. The molecule has 1 unspecified atom stereocenters. The quantitative estimate of drug-likeness (QED) is 0.438. The van der Waals surface area contributed by atoms with Crippen LogP contribution in [0.5, 0.6) is 11.5 Å². The standard InChI is InChI=1S/C19H20BrClO3/c1-4-12(2)14-5-7-18(16(20)10-14)24-19(22)11-23-17-8-6-15(21)9-13(17)3/h5-10,12H,4,11H2,1-3H3. The number of halogens is 2. The second kappa shape index (κ2) is 8.54. The van der Waals surface area contributed by atoms with Crippen LogP contribution in [-0.4, -0.2) is 12.6 Å². The number of ether oxygens (including phenoxy) is 2. The van der Waals surface area contributed by atoms with Crippen molar-refractivity contribution in [1.29, 1.82) is 0 Å². The summed E-state index contributed by atoms with van der Waals surface area (Å²) in [5, 5.41) is 0.632. The minimum atomic E-state index is -0.457. The van der Waals surface area contributed by atoms with Crippen LogP contribution in [0.2, 0.25) is 5.02 Å². The van der Waals surface area contributed by atoms with Crippen LogP contribution in [0, 0.1) is 6.92 Å². The smallest absolute Gasteiger partial charge is 0.349 e. The molecule has 0 saturated heterocycles. The van der Waals surface area contributed by atoms with Gasteiger partial charge in [0.25, 0.3) is 0 Å². The van der Waals surface area contributed by atoms with E-state index >= 15 is 0 Å². The van der Waals surface area contributed by atoms with E-state index in [-0.39, 0.29) is 6.61 Å². The monoisotopic (exact) mass is 410 g/mol. The van der Waals surface area contributed by atoms with Gasteiger partial charge in [0.1, 0.15) is 11.5 Å². The molecule has 0 fully saturated rings. The van der Waals surface area contributed by atoms with Crippen molar-refractivity contribution < 1.29 is 14.3 Å². The van der Waals surface area contributed by atoms with Crippen LogP contribution < -0.4 is 9.47 Å². The fourth-order valence-electron chi connectivity index (χ4n) is 2.21. The average molecular weight is 412 g/mol. The molecule has 0 aromatic heterocycles. The van der Waals surface area contributed by atoms with E-state index in [4.69, 9.17) is 21.1 Å². The van der Waals surface area contributed by atoms with Gasteiger partial charge in [0.05, 0.1) is 4.47 Å². The van der Waals surface area contributed by atoms with Crippen molar-refractivity contribution in [3.05, 3.63) is 57.0 Å². The third-order valence-electron chi connectivity index (χ3n) is 3.84. The minimum absolute atomic E-state index is 0.165. The third kappa shape index (κ3) is 4.99. The molecular formula is C19H20BrClO3. The SMILES string of the molecule is CCC(C)c1ccc(OC(=O)COc2ccc(Cl)cc2C)c(Br)c1. The maximum absolute atomic E-state index is 12.0. The van der Waals surface area contributed by atoms with Crippen LogP contribution in [0.1, 0.15) is 37.3 Å². The minimum Gasteiger partial charge on any atom is -0.482 e. The fraction of sp³-hybridized carbons (Fsp3) is 0.316. The van der Waals surface area contributed by atoms with Gasteiger partial charge in [-0.1, -0.05) is 31.5 Å². The average Bonchev–Trinajstić information content (AvgIpc) is 2.55. The second-order valence-corrected chi connectivity index (χ2v) is 6.96. The van der Waals surface area contributed by atoms with Crippen molar-refractivity contribution in [1.82, 2.24) is 0 Å². The van der Waals surface area contributed by atoms with Crippen molar-refractivity contribution in [2.45, 2.75) is 33.1 Å². The zero-order valence-electron chi connectivity index (χ0n) is 13.9. The first-order valence-corrected chi connectivity index (χ1v) is 8.97. The van der Waals surface area contributed by atoms with Crippen molar-refractivity contribution in [2.75, 3.05) is 6.61 Å². The van der Waals surface area contributed by atoms with E-state index in [2.05, 4.69) is 29.8 Å². The van der Waals surface area contributed by atoms with Gasteiger partial charge in [-0.25, -0.2) is 4.79 Å². The van der Waals surface area contributed by atoms with Crippen molar-refractivity contribution in [2.24, 2.45) is 0 Å². The van der Waals surface area contributed by atoms with Crippen LogP contribution >= 0.6 is 27.5 Å². The summed E-state index contributed by atoms with van der Waals surface area (Å²) in [5.41, 5.74) is 2.08. The molecule has 0 amide bonds. The number of aryl methyl sites for hydroxylation is 1. The van der Waals surface area contributed by atoms with Crippen molar-refractivity contribution in [3.63, 3.8) is 0 Å². The summed E-state index contributed by atoms with van der Waals surface area (Å²) in [5.74, 6) is 1.11. The molecule has 24 heavy (non-hydrogen) atoms. The highest BCUT2D eigenvalue weighted by Gasteiger charge is 2.12. The summed E-state index contributed by atoms with van der Waals surface area (Å²) in [4.78, 5) is 12.0. The molecule has 2 aromatic carbocycles. The molecule has 0 aliphatic rings. The topological polar surface area (TPSA) is 35.5 Å². The van der Waals surface area contributed by atoms with Gasteiger partial charge in [0.15, 0.2) is 6.61 Å². The Morgan fingerprint density at radius 3 is 2.54 bits per heavy atom.